The summed E-state index contributed by atoms with van der Waals surface area (Å²) in [6.07, 6.45) is -5.00. The fraction of sp³-hybridized carbons (Fsp3) is 0.100. The van der Waals surface area contributed by atoms with E-state index < -0.39 is 35.5 Å². The maximum atomic E-state index is 13.1. The van der Waals surface area contributed by atoms with E-state index in [1.54, 1.807) is 0 Å². The van der Waals surface area contributed by atoms with Crippen LogP contribution >= 0.6 is 0 Å². The molecule has 0 saturated carbocycles. The van der Waals surface area contributed by atoms with Crippen LogP contribution in [0.1, 0.15) is 21.6 Å². The summed E-state index contributed by atoms with van der Waals surface area (Å²) in [5.74, 6) is -3.23. The number of nitrogens with two attached hydrogens (primary N) is 1. The van der Waals surface area contributed by atoms with Crippen molar-refractivity contribution < 1.29 is 32.3 Å². The second-order valence-electron chi connectivity index (χ2n) is 6.49. The van der Waals surface area contributed by atoms with Crippen LogP contribution in [0.15, 0.2) is 59.6 Å². The van der Waals surface area contributed by atoms with Crippen LogP contribution in [0, 0.1) is 5.82 Å². The molecule has 1 heterocycles. The van der Waals surface area contributed by atoms with Crippen molar-refractivity contribution in [1.29, 1.82) is 0 Å². The molecule has 32 heavy (non-hydrogen) atoms. The summed E-state index contributed by atoms with van der Waals surface area (Å²) in [4.78, 5) is 28.0. The number of anilines is 2. The van der Waals surface area contributed by atoms with Gasteiger partial charge in [-0.15, -0.1) is 0 Å². The quantitative estimate of drug-likeness (QED) is 0.311. The maximum Gasteiger partial charge on any atom is 0.435 e. The van der Waals surface area contributed by atoms with E-state index in [4.69, 9.17) is 10.8 Å². The molecule has 1 amide bonds. The van der Waals surface area contributed by atoms with Crippen molar-refractivity contribution in [1.82, 2.24) is 10.2 Å². The zero-order valence-electron chi connectivity index (χ0n) is 16.1. The lowest BCUT2D eigenvalue weighted by atomic mass is 10.1. The smallest absolute Gasteiger partial charge is 0.435 e. The van der Waals surface area contributed by atoms with E-state index >= 15 is 0 Å². The Morgan fingerprint density at radius 3 is 2.25 bits per heavy atom. The van der Waals surface area contributed by atoms with Crippen molar-refractivity contribution in [2.45, 2.75) is 12.6 Å². The zero-order chi connectivity index (χ0) is 23.5. The number of carboxylic acids is 1. The van der Waals surface area contributed by atoms with Gasteiger partial charge in [0.1, 0.15) is 11.6 Å². The van der Waals surface area contributed by atoms with E-state index in [9.17, 15) is 27.2 Å². The Labute approximate surface area is 178 Å². The number of aromatic nitrogens is 2. The molecule has 0 spiro atoms. The molecule has 12 heteroatoms. The molecular formula is C20H15F4N5O3. The normalized spacial score (nSPS) is 11.9. The summed E-state index contributed by atoms with van der Waals surface area (Å²) < 4.78 is 52.1. The first kappa shape index (κ1) is 22.5. The Hall–Kier alpha value is -4.22. The fourth-order valence-corrected chi connectivity index (χ4v) is 2.71. The van der Waals surface area contributed by atoms with Gasteiger partial charge in [-0.25, -0.2) is 4.39 Å². The molecule has 3 aromatic rings. The number of amides is 1. The Kier molecular flexibility index (Phi) is 6.23. The number of benzene rings is 2. The third-order valence-electron chi connectivity index (χ3n) is 4.18. The number of halogens is 4. The van der Waals surface area contributed by atoms with Gasteiger partial charge in [-0.05, 0) is 42.0 Å². The minimum absolute atomic E-state index is 0.00620. The summed E-state index contributed by atoms with van der Waals surface area (Å²) in [6.45, 7) is 0. The van der Waals surface area contributed by atoms with Crippen LogP contribution in [0.3, 0.4) is 0 Å². The molecule has 8 nitrogen and oxygen atoms in total. The van der Waals surface area contributed by atoms with Crippen molar-refractivity contribution >= 4 is 29.3 Å². The van der Waals surface area contributed by atoms with Crippen LogP contribution in [-0.4, -0.2) is 33.1 Å². The second-order valence-corrected chi connectivity index (χ2v) is 6.49. The number of hydrogen-bond donors (Lipinski definition) is 3. The number of carboxylic acid groups (broad SMARTS) is 1. The molecule has 0 radical (unpaired) electrons. The van der Waals surface area contributed by atoms with Gasteiger partial charge in [0.2, 0.25) is 5.96 Å². The van der Waals surface area contributed by atoms with E-state index in [-0.39, 0.29) is 23.5 Å². The van der Waals surface area contributed by atoms with Crippen LogP contribution in [-0.2, 0) is 17.4 Å². The maximum absolute atomic E-state index is 13.1. The fourth-order valence-electron chi connectivity index (χ4n) is 2.71. The number of aliphatic imine (C=N–C) groups is 1. The van der Waals surface area contributed by atoms with E-state index in [1.807, 2.05) is 0 Å². The van der Waals surface area contributed by atoms with Crippen LogP contribution < -0.4 is 10.6 Å². The molecule has 0 aliphatic rings. The number of rotatable bonds is 5. The number of H-pyrrole nitrogens is 1. The van der Waals surface area contributed by atoms with E-state index in [0.717, 1.165) is 17.0 Å². The first-order chi connectivity index (χ1) is 15.0. The predicted molar refractivity (Wildman–Crippen MR) is 106 cm³/mol. The van der Waals surface area contributed by atoms with E-state index in [1.165, 1.54) is 36.4 Å². The lowest BCUT2D eigenvalue weighted by Crippen LogP contribution is -2.34. The molecule has 0 saturated heterocycles. The Morgan fingerprint density at radius 2 is 1.72 bits per heavy atom. The van der Waals surface area contributed by atoms with Gasteiger partial charge in [0, 0.05) is 11.6 Å². The molecule has 2 aromatic carbocycles. The van der Waals surface area contributed by atoms with E-state index in [0.29, 0.717) is 11.6 Å². The van der Waals surface area contributed by atoms with Crippen LogP contribution in [0.2, 0.25) is 0 Å². The lowest BCUT2D eigenvalue weighted by molar-refractivity contribution is -0.141. The first-order valence-corrected chi connectivity index (χ1v) is 8.92. The molecule has 3 rings (SSSR count). The molecule has 0 fully saturated rings. The third-order valence-corrected chi connectivity index (χ3v) is 4.18. The highest BCUT2D eigenvalue weighted by Gasteiger charge is 2.35. The standard InChI is InChI=1S/C20H15F4N5O3/c21-13-5-3-12(4-6-13)18(32)26-19(25)29(16-10-15(27-28-16)20(22,23)24)14-7-1-11(2-8-14)9-17(30)31/h1-8,10H,9H2,(H,27,28)(H,30,31)(H2,25,26,32). The van der Waals surface area contributed by atoms with Crippen LogP contribution in [0.4, 0.5) is 29.1 Å². The van der Waals surface area contributed by atoms with Crippen molar-refractivity contribution in [2.75, 3.05) is 4.90 Å². The Balaban J connectivity index is 2.01. The monoisotopic (exact) mass is 449 g/mol. The molecule has 0 aliphatic carbocycles. The molecule has 0 aliphatic heterocycles. The molecule has 0 bridgehead atoms. The highest BCUT2D eigenvalue weighted by Crippen LogP contribution is 2.32. The van der Waals surface area contributed by atoms with Crippen LogP contribution in [0.5, 0.6) is 0 Å². The van der Waals surface area contributed by atoms with Crippen molar-refractivity contribution in [3.63, 3.8) is 0 Å². The highest BCUT2D eigenvalue weighted by molar-refractivity contribution is 6.09. The second kappa shape index (κ2) is 8.88. The Bertz CT molecular complexity index is 1160. The third kappa shape index (κ3) is 5.28. The van der Waals surface area contributed by atoms with Crippen molar-refractivity contribution in [2.24, 2.45) is 10.7 Å². The summed E-state index contributed by atoms with van der Waals surface area (Å²) in [7, 11) is 0. The number of carbonyl (C=O) groups is 2. The molecule has 1 aromatic heterocycles. The summed E-state index contributed by atoms with van der Waals surface area (Å²) >= 11 is 0. The molecule has 0 atom stereocenters. The predicted octanol–water partition coefficient (Wildman–Crippen LogP) is 3.49. The van der Waals surface area contributed by atoms with Gasteiger partial charge < -0.3 is 10.8 Å². The molecular weight excluding hydrogens is 434 g/mol. The number of guanidine groups is 1. The summed E-state index contributed by atoms with van der Waals surface area (Å²) in [5.41, 5.74) is 5.34. The highest BCUT2D eigenvalue weighted by atomic mass is 19.4. The molecule has 4 N–H and O–H groups in total. The number of aromatic amines is 1. The molecule has 0 unspecified atom stereocenters. The average molecular weight is 449 g/mol. The first-order valence-electron chi connectivity index (χ1n) is 8.92. The van der Waals surface area contributed by atoms with E-state index in [2.05, 4.69) is 15.2 Å². The minimum atomic E-state index is -4.73. The zero-order valence-corrected chi connectivity index (χ0v) is 16.1. The number of carbonyl (C=O) groups excluding carboxylic acids is 1. The van der Waals surface area contributed by atoms with Gasteiger partial charge in [-0.2, -0.15) is 23.3 Å². The van der Waals surface area contributed by atoms with Gasteiger partial charge in [0.05, 0.1) is 12.1 Å². The number of alkyl halides is 3. The van der Waals surface area contributed by atoms with Gasteiger partial charge in [-0.3, -0.25) is 19.6 Å². The summed E-state index contributed by atoms with van der Waals surface area (Å²) in [5, 5.41) is 14.3. The number of nitrogens with one attached hydrogen (secondary N) is 1. The largest absolute Gasteiger partial charge is 0.481 e. The topological polar surface area (TPSA) is 125 Å². The number of nitrogens with zero attached hydrogens (tertiary/aromatic N) is 3. The number of aliphatic carboxylic acids is 1. The van der Waals surface area contributed by atoms with Gasteiger partial charge in [0.25, 0.3) is 5.91 Å². The van der Waals surface area contributed by atoms with Gasteiger partial charge in [0.15, 0.2) is 5.69 Å². The Morgan fingerprint density at radius 1 is 1.09 bits per heavy atom. The number of hydrogen-bond acceptors (Lipinski definition) is 3. The SMILES string of the molecule is N/C(=N\C(=O)c1ccc(F)cc1)N(c1ccc(CC(=O)O)cc1)c1cc(C(F)(F)F)n[nH]1. The average Bonchev–Trinajstić information content (AvgIpc) is 3.19. The van der Waals surface area contributed by atoms with Gasteiger partial charge in [-0.1, -0.05) is 12.1 Å². The van der Waals surface area contributed by atoms with Gasteiger partial charge >= 0.3 is 12.1 Å². The lowest BCUT2D eigenvalue weighted by Gasteiger charge is -2.21. The molecule has 166 valence electrons. The minimum Gasteiger partial charge on any atom is -0.481 e. The summed E-state index contributed by atoms with van der Waals surface area (Å²) in [6, 6.07) is 10.8. The van der Waals surface area contributed by atoms with Crippen LogP contribution in [0.25, 0.3) is 0 Å². The van der Waals surface area contributed by atoms with Crippen molar-refractivity contribution in [3.8, 4) is 0 Å². The van der Waals surface area contributed by atoms with Crippen molar-refractivity contribution in [3.05, 3.63) is 77.2 Å².